The summed E-state index contributed by atoms with van der Waals surface area (Å²) >= 11 is 0. The minimum atomic E-state index is -0.266. The number of ether oxygens (including phenoxy) is 3. The Kier molecular flexibility index (Phi) is 7.58. The lowest BCUT2D eigenvalue weighted by molar-refractivity contribution is -0.137. The van der Waals surface area contributed by atoms with E-state index in [9.17, 15) is 4.79 Å². The molecule has 0 bridgehead atoms. The quantitative estimate of drug-likeness (QED) is 0.625. The van der Waals surface area contributed by atoms with Gasteiger partial charge in [-0.15, -0.1) is 0 Å². The molecule has 2 fully saturated rings. The van der Waals surface area contributed by atoms with Crippen molar-refractivity contribution in [3.8, 4) is 5.75 Å². The van der Waals surface area contributed by atoms with E-state index in [0.717, 1.165) is 31.8 Å². The number of rotatable bonds is 7. The first-order valence-corrected chi connectivity index (χ1v) is 11.1. The van der Waals surface area contributed by atoms with Crippen molar-refractivity contribution in [2.24, 2.45) is 11.8 Å². The van der Waals surface area contributed by atoms with Gasteiger partial charge >= 0.3 is 5.97 Å². The first-order chi connectivity index (χ1) is 13.8. The summed E-state index contributed by atoms with van der Waals surface area (Å²) in [6.45, 7) is 12.9. The van der Waals surface area contributed by atoms with E-state index < -0.39 is 0 Å². The van der Waals surface area contributed by atoms with Crippen LogP contribution in [-0.4, -0.2) is 55.4 Å². The molecule has 5 nitrogen and oxygen atoms in total. The average Bonchev–Trinajstić information content (AvgIpc) is 2.69. The number of carbonyl (C=O) groups is 1. The molecule has 3 rings (SSSR count). The molecule has 2 saturated heterocycles. The van der Waals surface area contributed by atoms with E-state index >= 15 is 0 Å². The second-order valence-electron chi connectivity index (χ2n) is 9.57. The van der Waals surface area contributed by atoms with E-state index in [0.29, 0.717) is 24.7 Å². The summed E-state index contributed by atoms with van der Waals surface area (Å²) in [5, 5.41) is 0. The lowest BCUT2D eigenvalue weighted by atomic mass is 9.87. The molecule has 2 heterocycles. The number of piperidine rings is 1. The van der Waals surface area contributed by atoms with Crippen molar-refractivity contribution in [2.45, 2.75) is 65.1 Å². The maximum absolute atomic E-state index is 12.8. The van der Waals surface area contributed by atoms with Crippen LogP contribution < -0.4 is 4.74 Å². The Balaban J connectivity index is 1.61. The second-order valence-corrected chi connectivity index (χ2v) is 9.57. The standard InChI is InChI=1S/C24H37NO4/c1-18(2)16-27-21-10-8-19(9-11-21)23(26)29-22-14-24(3,4)28-17-20(22)15-25-12-6-5-7-13-25/h8-11,18,20,22H,5-7,12-17H2,1-4H3/t20-,22-/m1/s1. The summed E-state index contributed by atoms with van der Waals surface area (Å²) in [5.41, 5.74) is 0.306. The van der Waals surface area contributed by atoms with Crippen molar-refractivity contribution < 1.29 is 19.0 Å². The lowest BCUT2D eigenvalue weighted by Gasteiger charge is -2.42. The van der Waals surface area contributed by atoms with Crippen molar-refractivity contribution in [1.82, 2.24) is 4.90 Å². The number of hydrogen-bond donors (Lipinski definition) is 0. The Morgan fingerprint density at radius 1 is 1.17 bits per heavy atom. The van der Waals surface area contributed by atoms with Gasteiger partial charge in [-0.25, -0.2) is 4.79 Å². The molecular weight excluding hydrogens is 366 g/mol. The highest BCUT2D eigenvalue weighted by molar-refractivity contribution is 5.89. The van der Waals surface area contributed by atoms with Gasteiger partial charge in [-0.2, -0.15) is 0 Å². The van der Waals surface area contributed by atoms with Crippen molar-refractivity contribution in [3.05, 3.63) is 29.8 Å². The zero-order chi connectivity index (χ0) is 20.9. The molecule has 162 valence electrons. The summed E-state index contributed by atoms with van der Waals surface area (Å²) in [6.07, 6.45) is 4.45. The second kappa shape index (κ2) is 9.94. The van der Waals surface area contributed by atoms with E-state index in [-0.39, 0.29) is 23.6 Å². The molecular formula is C24H37NO4. The monoisotopic (exact) mass is 403 g/mol. The smallest absolute Gasteiger partial charge is 0.338 e. The Morgan fingerprint density at radius 3 is 2.52 bits per heavy atom. The molecule has 1 aromatic carbocycles. The fourth-order valence-electron chi connectivity index (χ4n) is 4.09. The summed E-state index contributed by atoms with van der Waals surface area (Å²) < 4.78 is 17.8. The van der Waals surface area contributed by atoms with Gasteiger partial charge in [0.15, 0.2) is 0 Å². The van der Waals surface area contributed by atoms with Gasteiger partial charge in [0.2, 0.25) is 0 Å². The van der Waals surface area contributed by atoms with Crippen molar-refractivity contribution in [3.63, 3.8) is 0 Å². The van der Waals surface area contributed by atoms with E-state index in [4.69, 9.17) is 14.2 Å². The number of hydrogen-bond acceptors (Lipinski definition) is 5. The first-order valence-electron chi connectivity index (χ1n) is 11.1. The minimum absolute atomic E-state index is 0.120. The van der Waals surface area contributed by atoms with Gasteiger partial charge in [0, 0.05) is 18.9 Å². The SMILES string of the molecule is CC(C)COc1ccc(C(=O)O[C@@H]2CC(C)(C)OC[C@H]2CN2CCCCC2)cc1. The molecule has 29 heavy (non-hydrogen) atoms. The topological polar surface area (TPSA) is 48.0 Å². The van der Waals surface area contributed by atoms with Gasteiger partial charge in [0.25, 0.3) is 0 Å². The molecule has 0 aliphatic carbocycles. The molecule has 0 amide bonds. The number of nitrogens with zero attached hydrogens (tertiary/aromatic N) is 1. The zero-order valence-corrected chi connectivity index (χ0v) is 18.5. The molecule has 0 saturated carbocycles. The molecule has 0 radical (unpaired) electrons. The lowest BCUT2D eigenvalue weighted by Crippen LogP contribution is -2.49. The van der Waals surface area contributed by atoms with Gasteiger partial charge in [-0.1, -0.05) is 20.3 Å². The third-order valence-electron chi connectivity index (χ3n) is 5.78. The molecule has 2 aliphatic heterocycles. The maximum atomic E-state index is 12.8. The number of likely N-dealkylation sites (tertiary alicyclic amines) is 1. The predicted molar refractivity (Wildman–Crippen MR) is 114 cm³/mol. The molecule has 0 N–H and O–H groups in total. The van der Waals surface area contributed by atoms with Crippen LogP contribution >= 0.6 is 0 Å². The van der Waals surface area contributed by atoms with Crippen LogP contribution in [0, 0.1) is 11.8 Å². The summed E-state index contributed by atoms with van der Waals surface area (Å²) in [6, 6.07) is 7.28. The number of benzene rings is 1. The summed E-state index contributed by atoms with van der Waals surface area (Å²) in [7, 11) is 0. The predicted octanol–water partition coefficient (Wildman–Crippen LogP) is 4.55. The van der Waals surface area contributed by atoms with Crippen LogP contribution in [0.2, 0.25) is 0 Å². The Morgan fingerprint density at radius 2 is 1.86 bits per heavy atom. The fourth-order valence-corrected chi connectivity index (χ4v) is 4.09. The van der Waals surface area contributed by atoms with Crippen molar-refractivity contribution in [1.29, 1.82) is 0 Å². The Hall–Kier alpha value is -1.59. The van der Waals surface area contributed by atoms with Crippen LogP contribution in [0.1, 0.15) is 63.7 Å². The highest BCUT2D eigenvalue weighted by Gasteiger charge is 2.39. The van der Waals surface area contributed by atoms with E-state index in [1.165, 1.54) is 19.3 Å². The first kappa shape index (κ1) is 22.1. The van der Waals surface area contributed by atoms with Crippen molar-refractivity contribution in [2.75, 3.05) is 32.8 Å². The van der Waals surface area contributed by atoms with Crippen LogP contribution in [-0.2, 0) is 9.47 Å². The van der Waals surface area contributed by atoms with Crippen LogP contribution in [0.5, 0.6) is 5.75 Å². The van der Waals surface area contributed by atoms with Crippen LogP contribution in [0.3, 0.4) is 0 Å². The maximum Gasteiger partial charge on any atom is 0.338 e. The zero-order valence-electron chi connectivity index (χ0n) is 18.5. The number of carbonyl (C=O) groups excluding carboxylic acids is 1. The molecule has 0 unspecified atom stereocenters. The van der Waals surface area contributed by atoms with E-state index in [1.807, 2.05) is 12.1 Å². The van der Waals surface area contributed by atoms with Gasteiger partial charge in [0.1, 0.15) is 11.9 Å². The fraction of sp³-hybridized carbons (Fsp3) is 0.708. The van der Waals surface area contributed by atoms with Gasteiger partial charge < -0.3 is 19.1 Å². The third-order valence-corrected chi connectivity index (χ3v) is 5.78. The molecule has 1 aromatic rings. The van der Waals surface area contributed by atoms with Gasteiger partial charge in [-0.05, 0) is 70.0 Å². The number of esters is 1. The minimum Gasteiger partial charge on any atom is -0.493 e. The normalized spacial score (nSPS) is 25.0. The van der Waals surface area contributed by atoms with Crippen LogP contribution in [0.25, 0.3) is 0 Å². The van der Waals surface area contributed by atoms with Crippen molar-refractivity contribution >= 4 is 5.97 Å². The van der Waals surface area contributed by atoms with Crippen LogP contribution in [0.4, 0.5) is 0 Å². The highest BCUT2D eigenvalue weighted by atomic mass is 16.6. The molecule has 0 aromatic heterocycles. The molecule has 2 atom stereocenters. The van der Waals surface area contributed by atoms with Gasteiger partial charge in [-0.3, -0.25) is 0 Å². The van der Waals surface area contributed by atoms with Crippen LogP contribution in [0.15, 0.2) is 24.3 Å². The average molecular weight is 404 g/mol. The van der Waals surface area contributed by atoms with Gasteiger partial charge in [0.05, 0.1) is 24.4 Å². The van der Waals surface area contributed by atoms with E-state index in [2.05, 4.69) is 32.6 Å². The molecule has 2 aliphatic rings. The third kappa shape index (κ3) is 6.71. The molecule has 0 spiro atoms. The summed E-state index contributed by atoms with van der Waals surface area (Å²) in [5.74, 6) is 1.21. The Bertz CT molecular complexity index is 649. The largest absolute Gasteiger partial charge is 0.493 e. The Labute approximate surface area is 175 Å². The van der Waals surface area contributed by atoms with E-state index in [1.54, 1.807) is 12.1 Å². The highest BCUT2D eigenvalue weighted by Crippen LogP contribution is 2.31. The summed E-state index contributed by atoms with van der Waals surface area (Å²) in [4.78, 5) is 15.3. The molecule has 5 heteroatoms.